The van der Waals surface area contributed by atoms with Crippen LogP contribution in [0.5, 0.6) is 0 Å². The molecule has 5 heteroatoms. The van der Waals surface area contributed by atoms with Gasteiger partial charge >= 0.3 is 0 Å². The number of nitrogens with one attached hydrogen (secondary N) is 3. The van der Waals surface area contributed by atoms with Crippen LogP contribution in [0.3, 0.4) is 0 Å². The number of rotatable bonds is 3. The van der Waals surface area contributed by atoms with E-state index in [2.05, 4.69) is 16.2 Å². The van der Waals surface area contributed by atoms with Crippen LogP contribution < -0.4 is 16.2 Å². The molecule has 1 rings (SSSR count). The van der Waals surface area contributed by atoms with Crippen molar-refractivity contribution < 1.29 is 4.79 Å². The van der Waals surface area contributed by atoms with E-state index in [0.29, 0.717) is 17.6 Å². The lowest BCUT2D eigenvalue weighted by atomic mass is 9.96. The van der Waals surface area contributed by atoms with Crippen LogP contribution in [0, 0.1) is 0 Å². The molecule has 1 aliphatic carbocycles. The predicted molar refractivity (Wildman–Crippen MR) is 68.8 cm³/mol. The smallest absolute Gasteiger partial charge is 0.238 e. The Morgan fingerprint density at radius 3 is 2.56 bits per heavy atom. The molecule has 92 valence electrons. The van der Waals surface area contributed by atoms with Crippen LogP contribution in [-0.4, -0.2) is 17.1 Å². The maximum atomic E-state index is 11.2. The van der Waals surface area contributed by atoms with Gasteiger partial charge in [0.1, 0.15) is 0 Å². The molecule has 0 aromatic heterocycles. The highest BCUT2D eigenvalue weighted by Crippen LogP contribution is 2.16. The van der Waals surface area contributed by atoms with Gasteiger partial charge in [-0.15, -0.1) is 0 Å². The lowest BCUT2D eigenvalue weighted by molar-refractivity contribution is -0.121. The first-order valence-corrected chi connectivity index (χ1v) is 6.48. The Morgan fingerprint density at radius 2 is 1.94 bits per heavy atom. The van der Waals surface area contributed by atoms with E-state index < -0.39 is 0 Å². The fourth-order valence-corrected chi connectivity index (χ4v) is 2.10. The zero-order valence-electron chi connectivity index (χ0n) is 9.84. The lowest BCUT2D eigenvalue weighted by Gasteiger charge is -2.24. The molecule has 0 aromatic carbocycles. The standard InChI is InChI=1S/C11H21N3OS/c1-2-6-10(15)13-14-11(16)12-9-7-4-3-5-8-9/h9H,2-8H2,1H3,(H,13,15)(H2,12,14,16). The average Bonchev–Trinajstić information content (AvgIpc) is 2.28. The van der Waals surface area contributed by atoms with Crippen LogP contribution in [0.25, 0.3) is 0 Å². The second kappa shape index (κ2) is 7.44. The number of thiocarbonyl (C=S) groups is 1. The van der Waals surface area contributed by atoms with Gasteiger partial charge in [0.05, 0.1) is 0 Å². The highest BCUT2D eigenvalue weighted by molar-refractivity contribution is 7.80. The Kier molecular flexibility index (Phi) is 6.15. The van der Waals surface area contributed by atoms with E-state index in [0.717, 1.165) is 6.42 Å². The van der Waals surface area contributed by atoms with Crippen molar-refractivity contribution in [2.45, 2.75) is 57.9 Å². The van der Waals surface area contributed by atoms with E-state index in [1.165, 1.54) is 32.1 Å². The molecule has 0 unspecified atom stereocenters. The Balaban J connectivity index is 2.12. The molecule has 3 N–H and O–H groups in total. The first-order chi connectivity index (χ1) is 7.72. The van der Waals surface area contributed by atoms with E-state index in [9.17, 15) is 4.79 Å². The molecule has 1 amide bonds. The third-order valence-electron chi connectivity index (χ3n) is 2.73. The summed E-state index contributed by atoms with van der Waals surface area (Å²) in [6.45, 7) is 1.97. The highest BCUT2D eigenvalue weighted by atomic mass is 32.1. The number of hydrogen-bond acceptors (Lipinski definition) is 2. The van der Waals surface area contributed by atoms with Crippen molar-refractivity contribution in [3.05, 3.63) is 0 Å². The van der Waals surface area contributed by atoms with Crippen molar-refractivity contribution in [2.75, 3.05) is 0 Å². The molecule has 0 bridgehead atoms. The van der Waals surface area contributed by atoms with Crippen LogP contribution in [0.2, 0.25) is 0 Å². The summed E-state index contributed by atoms with van der Waals surface area (Å²) in [7, 11) is 0. The quantitative estimate of drug-likeness (QED) is 0.521. The van der Waals surface area contributed by atoms with Gasteiger partial charge in [-0.3, -0.25) is 15.6 Å². The first-order valence-electron chi connectivity index (χ1n) is 6.07. The van der Waals surface area contributed by atoms with Gasteiger partial charge in [0.2, 0.25) is 5.91 Å². The molecule has 0 aromatic rings. The summed E-state index contributed by atoms with van der Waals surface area (Å²) >= 11 is 5.10. The van der Waals surface area contributed by atoms with Gasteiger partial charge in [-0.1, -0.05) is 26.2 Å². The molecular weight excluding hydrogens is 222 g/mol. The zero-order valence-corrected chi connectivity index (χ0v) is 10.7. The maximum Gasteiger partial charge on any atom is 0.238 e. The second-order valence-corrected chi connectivity index (χ2v) is 4.64. The molecule has 4 nitrogen and oxygen atoms in total. The van der Waals surface area contributed by atoms with E-state index in [4.69, 9.17) is 12.2 Å². The molecule has 16 heavy (non-hydrogen) atoms. The van der Waals surface area contributed by atoms with Gasteiger partial charge in [-0.05, 0) is 31.5 Å². The summed E-state index contributed by atoms with van der Waals surface area (Å²) in [5.41, 5.74) is 5.32. The van der Waals surface area contributed by atoms with Gasteiger partial charge in [-0.2, -0.15) is 0 Å². The summed E-state index contributed by atoms with van der Waals surface area (Å²) in [5, 5.41) is 3.75. The fraction of sp³-hybridized carbons (Fsp3) is 0.818. The maximum absolute atomic E-state index is 11.2. The van der Waals surface area contributed by atoms with Crippen LogP contribution >= 0.6 is 12.2 Å². The average molecular weight is 243 g/mol. The van der Waals surface area contributed by atoms with E-state index in [1.807, 2.05) is 6.92 Å². The second-order valence-electron chi connectivity index (χ2n) is 4.23. The zero-order chi connectivity index (χ0) is 11.8. The van der Waals surface area contributed by atoms with Gasteiger partial charge < -0.3 is 5.32 Å². The summed E-state index contributed by atoms with van der Waals surface area (Å²) in [6, 6.07) is 0.469. The van der Waals surface area contributed by atoms with Crippen LogP contribution in [0.15, 0.2) is 0 Å². The Morgan fingerprint density at radius 1 is 1.25 bits per heavy atom. The third-order valence-corrected chi connectivity index (χ3v) is 2.95. The lowest BCUT2D eigenvalue weighted by Crippen LogP contribution is -2.49. The van der Waals surface area contributed by atoms with Gasteiger partial charge in [0.15, 0.2) is 5.11 Å². The SMILES string of the molecule is CCCC(=O)NNC(=S)NC1CCCCC1. The molecule has 0 atom stereocenters. The number of hydrogen-bond donors (Lipinski definition) is 3. The number of amides is 1. The van der Waals surface area contributed by atoms with Crippen LogP contribution in [-0.2, 0) is 4.79 Å². The summed E-state index contributed by atoms with van der Waals surface area (Å²) in [5.74, 6) is -0.0182. The van der Waals surface area contributed by atoms with E-state index >= 15 is 0 Å². The van der Waals surface area contributed by atoms with Crippen molar-refractivity contribution in [2.24, 2.45) is 0 Å². The number of carbonyl (C=O) groups excluding carboxylic acids is 1. The molecule has 1 fully saturated rings. The molecule has 0 aliphatic heterocycles. The van der Waals surface area contributed by atoms with Gasteiger partial charge in [0, 0.05) is 12.5 Å². The minimum absolute atomic E-state index is 0.0182. The Hall–Kier alpha value is -0.840. The summed E-state index contributed by atoms with van der Waals surface area (Å²) in [4.78, 5) is 11.2. The van der Waals surface area contributed by atoms with Gasteiger partial charge in [-0.25, -0.2) is 0 Å². The van der Waals surface area contributed by atoms with Crippen molar-refractivity contribution in [3.8, 4) is 0 Å². The Bertz CT molecular complexity index is 239. The molecule has 0 saturated heterocycles. The minimum Gasteiger partial charge on any atom is -0.359 e. The van der Waals surface area contributed by atoms with E-state index in [-0.39, 0.29) is 5.91 Å². The third kappa shape index (κ3) is 5.30. The molecule has 1 saturated carbocycles. The van der Waals surface area contributed by atoms with Gasteiger partial charge in [0.25, 0.3) is 0 Å². The van der Waals surface area contributed by atoms with E-state index in [1.54, 1.807) is 0 Å². The summed E-state index contributed by atoms with van der Waals surface area (Å²) < 4.78 is 0. The largest absolute Gasteiger partial charge is 0.359 e. The number of carbonyl (C=O) groups is 1. The van der Waals surface area contributed by atoms with Crippen molar-refractivity contribution in [1.29, 1.82) is 0 Å². The van der Waals surface area contributed by atoms with Crippen molar-refractivity contribution in [3.63, 3.8) is 0 Å². The highest BCUT2D eigenvalue weighted by Gasteiger charge is 2.13. The first kappa shape index (κ1) is 13.2. The summed E-state index contributed by atoms with van der Waals surface area (Å²) in [6.07, 6.45) is 7.57. The Labute approximate surface area is 103 Å². The normalized spacial score (nSPS) is 16.6. The molecule has 1 aliphatic rings. The molecule has 0 radical (unpaired) electrons. The predicted octanol–water partition coefficient (Wildman–Crippen LogP) is 1.61. The molecular formula is C11H21N3OS. The van der Waals surface area contributed by atoms with Crippen LogP contribution in [0.4, 0.5) is 0 Å². The fourth-order valence-electron chi connectivity index (χ4n) is 1.88. The van der Waals surface area contributed by atoms with Crippen molar-refractivity contribution in [1.82, 2.24) is 16.2 Å². The molecule has 0 spiro atoms. The topological polar surface area (TPSA) is 53.2 Å². The van der Waals surface area contributed by atoms with Crippen LogP contribution in [0.1, 0.15) is 51.9 Å². The molecule has 0 heterocycles. The minimum atomic E-state index is -0.0182. The van der Waals surface area contributed by atoms with Crippen molar-refractivity contribution >= 4 is 23.2 Å². The number of hydrazine groups is 1. The monoisotopic (exact) mass is 243 g/mol.